The van der Waals surface area contributed by atoms with Gasteiger partial charge in [0.15, 0.2) is 0 Å². The van der Waals surface area contributed by atoms with Crippen LogP contribution in [0.25, 0.3) is 0 Å². The van der Waals surface area contributed by atoms with E-state index in [9.17, 15) is 25.2 Å². The number of amides is 1. The van der Waals surface area contributed by atoms with Gasteiger partial charge in [-0.25, -0.2) is 0 Å². The Morgan fingerprint density at radius 3 is 2.61 bits per heavy atom. The number of piperidine rings is 1. The lowest BCUT2D eigenvalue weighted by molar-refractivity contribution is -0.145. The summed E-state index contributed by atoms with van der Waals surface area (Å²) in [5.74, 6) is 0.136. The number of nitrogens with one attached hydrogen (secondary N) is 1. The molecule has 0 aromatic heterocycles. The number of aryl methyl sites for hydroxylation is 1. The van der Waals surface area contributed by atoms with E-state index in [4.69, 9.17) is 0 Å². The van der Waals surface area contributed by atoms with Crippen LogP contribution >= 0.6 is 0 Å². The predicted octanol–water partition coefficient (Wildman–Crippen LogP) is -0.553. The first kappa shape index (κ1) is 21.2. The van der Waals surface area contributed by atoms with Gasteiger partial charge >= 0.3 is 0 Å². The zero-order chi connectivity index (χ0) is 20.1. The van der Waals surface area contributed by atoms with Crippen LogP contribution < -0.4 is 5.32 Å². The molecule has 1 aliphatic carbocycles. The van der Waals surface area contributed by atoms with Crippen molar-refractivity contribution in [2.24, 2.45) is 5.92 Å². The molecule has 0 spiro atoms. The fourth-order valence-corrected chi connectivity index (χ4v) is 4.35. The summed E-state index contributed by atoms with van der Waals surface area (Å²) in [7, 11) is 0. The minimum atomic E-state index is -1.23. The molecule has 3 rings (SSSR count). The minimum Gasteiger partial charge on any atom is -0.395 e. The SMILES string of the molecule is O=C(NCCCCN1C[C@H](O)[C@@H](O)[C@H](O)[C@H]1CO)C1CCc2ccccc2C1. The van der Waals surface area contributed by atoms with E-state index < -0.39 is 24.4 Å². The molecule has 1 aromatic rings. The number of aliphatic hydroxyl groups is 4. The second-order valence-electron chi connectivity index (χ2n) is 8.00. The molecular weight excluding hydrogens is 360 g/mol. The molecule has 1 saturated heterocycles. The molecule has 0 bridgehead atoms. The zero-order valence-electron chi connectivity index (χ0n) is 16.2. The number of fused-ring (bicyclic) bond motifs is 1. The van der Waals surface area contributed by atoms with E-state index in [1.165, 1.54) is 11.1 Å². The van der Waals surface area contributed by atoms with Crippen LogP contribution in [-0.4, -0.2) is 81.8 Å². The molecular formula is C21H32N2O5. The molecule has 2 aliphatic rings. The van der Waals surface area contributed by atoms with Crippen molar-refractivity contribution in [2.45, 2.75) is 56.5 Å². The standard InChI is InChI=1S/C21H32N2O5/c24-13-17-19(26)20(27)18(25)12-23(17)10-4-3-9-22-21(28)16-8-7-14-5-1-2-6-15(14)11-16/h1-2,5-6,16-20,24-27H,3-4,7-13H2,(H,22,28)/t16?,17-,18+,19-,20-/m1/s1. The Kier molecular flexibility index (Phi) is 7.42. The lowest BCUT2D eigenvalue weighted by Crippen LogP contribution is -2.62. The molecule has 7 nitrogen and oxygen atoms in total. The normalized spacial score (nSPS) is 30.6. The first-order valence-electron chi connectivity index (χ1n) is 10.2. The van der Waals surface area contributed by atoms with Crippen molar-refractivity contribution in [3.8, 4) is 0 Å². The van der Waals surface area contributed by atoms with Crippen molar-refractivity contribution < 1.29 is 25.2 Å². The van der Waals surface area contributed by atoms with Crippen LogP contribution in [0.4, 0.5) is 0 Å². The molecule has 28 heavy (non-hydrogen) atoms. The first-order chi connectivity index (χ1) is 13.5. The van der Waals surface area contributed by atoms with Crippen molar-refractivity contribution >= 4 is 5.91 Å². The van der Waals surface area contributed by atoms with Gasteiger partial charge in [-0.1, -0.05) is 24.3 Å². The van der Waals surface area contributed by atoms with E-state index >= 15 is 0 Å². The monoisotopic (exact) mass is 392 g/mol. The number of aliphatic hydroxyl groups excluding tert-OH is 4. The summed E-state index contributed by atoms with van der Waals surface area (Å²) in [6.45, 7) is 1.11. The molecule has 7 heteroatoms. The van der Waals surface area contributed by atoms with Crippen LogP contribution in [-0.2, 0) is 17.6 Å². The van der Waals surface area contributed by atoms with E-state index in [1.807, 2.05) is 17.0 Å². The largest absolute Gasteiger partial charge is 0.395 e. The fraction of sp³-hybridized carbons (Fsp3) is 0.667. The van der Waals surface area contributed by atoms with Gasteiger partial charge in [-0.15, -0.1) is 0 Å². The summed E-state index contributed by atoms with van der Waals surface area (Å²) >= 11 is 0. The molecule has 0 saturated carbocycles. The quantitative estimate of drug-likeness (QED) is 0.398. The lowest BCUT2D eigenvalue weighted by Gasteiger charge is -2.43. The minimum absolute atomic E-state index is 0.0301. The van der Waals surface area contributed by atoms with Gasteiger partial charge in [0.1, 0.15) is 12.2 Å². The maximum absolute atomic E-state index is 12.4. The highest BCUT2D eigenvalue weighted by molar-refractivity contribution is 5.79. The van der Waals surface area contributed by atoms with Gasteiger partial charge in [-0.3, -0.25) is 9.69 Å². The highest BCUT2D eigenvalue weighted by Gasteiger charge is 2.40. The predicted molar refractivity (Wildman–Crippen MR) is 105 cm³/mol. The van der Waals surface area contributed by atoms with E-state index in [2.05, 4.69) is 17.4 Å². The summed E-state index contributed by atoms with van der Waals surface area (Å²) in [4.78, 5) is 14.3. The van der Waals surface area contributed by atoms with Crippen LogP contribution in [0, 0.1) is 5.92 Å². The maximum atomic E-state index is 12.4. The molecule has 156 valence electrons. The third-order valence-electron chi connectivity index (χ3n) is 6.10. The number of β-amino-alcohol motifs (C(OH)–C–C–N with tert-alkyl or cyclic N) is 1. The second-order valence-corrected chi connectivity index (χ2v) is 8.00. The number of carbonyl (C=O) groups is 1. The van der Waals surface area contributed by atoms with Crippen molar-refractivity contribution in [3.05, 3.63) is 35.4 Å². The topological polar surface area (TPSA) is 113 Å². The van der Waals surface area contributed by atoms with Crippen LogP contribution in [0.1, 0.15) is 30.4 Å². The zero-order valence-corrected chi connectivity index (χ0v) is 16.2. The molecule has 1 fully saturated rings. The van der Waals surface area contributed by atoms with Crippen LogP contribution in [0.3, 0.4) is 0 Å². The summed E-state index contributed by atoms with van der Waals surface area (Å²) in [5, 5.41) is 42.1. The number of hydrogen-bond donors (Lipinski definition) is 5. The van der Waals surface area contributed by atoms with Crippen LogP contribution in [0.2, 0.25) is 0 Å². The molecule has 5 atom stereocenters. The molecule has 1 aliphatic heterocycles. The molecule has 1 heterocycles. The van der Waals surface area contributed by atoms with E-state index in [-0.39, 0.29) is 25.0 Å². The van der Waals surface area contributed by atoms with Gasteiger partial charge in [-0.2, -0.15) is 0 Å². The fourth-order valence-electron chi connectivity index (χ4n) is 4.35. The Labute approximate surface area is 166 Å². The number of likely N-dealkylation sites (tertiary alicyclic amines) is 1. The Balaban J connectivity index is 1.37. The Hall–Kier alpha value is -1.51. The van der Waals surface area contributed by atoms with Gasteiger partial charge in [0.05, 0.1) is 18.8 Å². The molecule has 0 radical (unpaired) electrons. The van der Waals surface area contributed by atoms with Gasteiger partial charge in [0.2, 0.25) is 5.91 Å². The number of hydrogen-bond acceptors (Lipinski definition) is 6. The molecule has 1 aromatic carbocycles. The van der Waals surface area contributed by atoms with E-state index in [0.29, 0.717) is 13.1 Å². The number of nitrogens with zero attached hydrogens (tertiary/aromatic N) is 1. The van der Waals surface area contributed by atoms with E-state index in [1.54, 1.807) is 0 Å². The van der Waals surface area contributed by atoms with Crippen molar-refractivity contribution in [1.82, 2.24) is 10.2 Å². The Morgan fingerprint density at radius 2 is 1.86 bits per heavy atom. The first-order valence-corrected chi connectivity index (χ1v) is 10.2. The average molecular weight is 392 g/mol. The van der Waals surface area contributed by atoms with Gasteiger partial charge in [0.25, 0.3) is 0 Å². The lowest BCUT2D eigenvalue weighted by atomic mass is 9.83. The highest BCUT2D eigenvalue weighted by Crippen LogP contribution is 2.25. The van der Waals surface area contributed by atoms with Gasteiger partial charge in [0, 0.05) is 19.0 Å². The molecule has 5 N–H and O–H groups in total. The molecule has 1 amide bonds. The number of rotatable bonds is 7. The summed E-state index contributed by atoms with van der Waals surface area (Å²) in [6.07, 6.45) is 0.752. The summed E-state index contributed by atoms with van der Waals surface area (Å²) in [6, 6.07) is 7.73. The number of benzene rings is 1. The summed E-state index contributed by atoms with van der Waals surface area (Å²) < 4.78 is 0. The highest BCUT2D eigenvalue weighted by atomic mass is 16.4. The second kappa shape index (κ2) is 9.80. The summed E-state index contributed by atoms with van der Waals surface area (Å²) in [5.41, 5.74) is 2.62. The average Bonchev–Trinajstić information content (AvgIpc) is 2.71. The van der Waals surface area contributed by atoms with E-state index in [0.717, 1.165) is 32.1 Å². The number of carbonyl (C=O) groups excluding carboxylic acids is 1. The smallest absolute Gasteiger partial charge is 0.223 e. The Morgan fingerprint density at radius 1 is 1.11 bits per heavy atom. The van der Waals surface area contributed by atoms with Gasteiger partial charge < -0.3 is 25.7 Å². The van der Waals surface area contributed by atoms with Crippen LogP contribution in [0.5, 0.6) is 0 Å². The third-order valence-corrected chi connectivity index (χ3v) is 6.10. The van der Waals surface area contributed by atoms with Crippen molar-refractivity contribution in [3.63, 3.8) is 0 Å². The van der Waals surface area contributed by atoms with Gasteiger partial charge in [-0.05, 0) is 49.8 Å². The third kappa shape index (κ3) is 4.90. The molecule has 1 unspecified atom stereocenters. The number of unbranched alkanes of at least 4 members (excludes halogenated alkanes) is 1. The Bertz CT molecular complexity index is 655. The van der Waals surface area contributed by atoms with Crippen LogP contribution in [0.15, 0.2) is 24.3 Å². The maximum Gasteiger partial charge on any atom is 0.223 e. The van der Waals surface area contributed by atoms with Crippen molar-refractivity contribution in [1.29, 1.82) is 0 Å². The van der Waals surface area contributed by atoms with Crippen molar-refractivity contribution in [2.75, 3.05) is 26.2 Å².